The van der Waals surface area contributed by atoms with Gasteiger partial charge in [0, 0.05) is 6.42 Å². The van der Waals surface area contributed by atoms with Crippen LogP contribution in [-0.2, 0) is 4.74 Å². The van der Waals surface area contributed by atoms with Gasteiger partial charge in [-0.3, -0.25) is 9.77 Å². The quantitative estimate of drug-likeness (QED) is 0.506. The lowest BCUT2D eigenvalue weighted by Gasteiger charge is -2.14. The van der Waals surface area contributed by atoms with Crippen LogP contribution in [0.4, 0.5) is 10.2 Å². The van der Waals surface area contributed by atoms with Crippen molar-refractivity contribution < 1.29 is 24.5 Å². The number of hydrogen-bond donors (Lipinski definition) is 4. The second-order valence-corrected chi connectivity index (χ2v) is 3.85. The van der Waals surface area contributed by atoms with Gasteiger partial charge in [-0.25, -0.2) is 14.7 Å². The molecule has 2 rings (SSSR count). The summed E-state index contributed by atoms with van der Waals surface area (Å²) in [6, 6.07) is 0. The average Bonchev–Trinajstić information content (AvgIpc) is 2.72. The topological polar surface area (TPSA) is 117 Å². The van der Waals surface area contributed by atoms with E-state index in [1.807, 2.05) is 0 Å². The summed E-state index contributed by atoms with van der Waals surface area (Å²) >= 11 is 0. The fourth-order valence-electron chi connectivity index (χ4n) is 1.78. The lowest BCUT2D eigenvalue weighted by Crippen LogP contribution is -2.29. The van der Waals surface area contributed by atoms with Crippen molar-refractivity contribution in [1.82, 2.24) is 9.55 Å². The average molecular weight is 261 g/mol. The predicted molar refractivity (Wildman–Crippen MR) is 55.5 cm³/mol. The number of aliphatic hydroxyl groups is 2. The second kappa shape index (κ2) is 4.98. The second-order valence-electron chi connectivity index (χ2n) is 3.85. The zero-order chi connectivity index (χ0) is 13.3. The highest BCUT2D eigenvalue weighted by molar-refractivity contribution is 5.30. The molecule has 2 heterocycles. The first-order valence-electron chi connectivity index (χ1n) is 5.20. The third kappa shape index (κ3) is 2.20. The molecule has 0 saturated carbocycles. The number of nitrogens with zero attached hydrogens (tertiary/aromatic N) is 2. The number of aromatic nitrogens is 2. The van der Waals surface area contributed by atoms with Crippen LogP contribution in [0.5, 0.6) is 0 Å². The zero-order valence-electron chi connectivity index (χ0n) is 9.15. The maximum Gasteiger partial charge on any atom is 0.351 e. The van der Waals surface area contributed by atoms with Crippen LogP contribution in [0.1, 0.15) is 12.6 Å². The summed E-state index contributed by atoms with van der Waals surface area (Å²) in [7, 11) is 0. The number of rotatable bonds is 3. The zero-order valence-corrected chi connectivity index (χ0v) is 9.15. The Labute approximate surface area is 100 Å². The minimum absolute atomic E-state index is 0.0398. The Bertz CT molecular complexity index is 494. The summed E-state index contributed by atoms with van der Waals surface area (Å²) < 4.78 is 19.4. The molecular formula is C9H12FN3O5. The Morgan fingerprint density at radius 3 is 2.94 bits per heavy atom. The number of halogens is 1. The lowest BCUT2D eigenvalue weighted by atomic mass is 10.2. The number of anilines is 1. The molecule has 9 heteroatoms. The molecule has 0 bridgehead atoms. The fraction of sp³-hybridized carbons (Fsp3) is 0.556. The van der Waals surface area contributed by atoms with Crippen LogP contribution in [0.25, 0.3) is 0 Å². The van der Waals surface area contributed by atoms with Crippen molar-refractivity contribution in [1.29, 1.82) is 0 Å². The minimum atomic E-state index is -0.942. The summed E-state index contributed by atoms with van der Waals surface area (Å²) in [5, 5.41) is 26.9. The molecule has 1 aliphatic rings. The summed E-state index contributed by atoms with van der Waals surface area (Å²) in [5.41, 5.74) is 0.609. The number of nitrogens with one attached hydrogen (secondary N) is 1. The van der Waals surface area contributed by atoms with E-state index in [0.29, 0.717) is 0 Å². The highest BCUT2D eigenvalue weighted by Crippen LogP contribution is 2.27. The Balaban J connectivity index is 2.30. The molecule has 1 fully saturated rings. The third-order valence-corrected chi connectivity index (χ3v) is 2.71. The van der Waals surface area contributed by atoms with Crippen LogP contribution >= 0.6 is 0 Å². The minimum Gasteiger partial charge on any atom is -0.394 e. The monoisotopic (exact) mass is 261 g/mol. The SMILES string of the molecule is O=c1nc(NO)c(F)cn1[C@@H]1C[C@@H](O)[C@H](CO)O1. The molecule has 1 aromatic rings. The van der Waals surface area contributed by atoms with Gasteiger partial charge in [-0.2, -0.15) is 4.98 Å². The first kappa shape index (κ1) is 12.9. The molecule has 0 spiro atoms. The Morgan fingerprint density at radius 1 is 1.67 bits per heavy atom. The van der Waals surface area contributed by atoms with Gasteiger partial charge in [0.05, 0.1) is 18.9 Å². The predicted octanol–water partition coefficient (Wildman–Crippen LogP) is -1.18. The van der Waals surface area contributed by atoms with E-state index < -0.39 is 42.4 Å². The summed E-state index contributed by atoms with van der Waals surface area (Å²) in [6.07, 6.45) is -1.81. The molecule has 4 N–H and O–H groups in total. The highest BCUT2D eigenvalue weighted by Gasteiger charge is 2.35. The van der Waals surface area contributed by atoms with Crippen LogP contribution in [0, 0.1) is 5.82 Å². The Kier molecular flexibility index (Phi) is 3.57. The van der Waals surface area contributed by atoms with Crippen molar-refractivity contribution in [3.8, 4) is 0 Å². The van der Waals surface area contributed by atoms with E-state index in [1.54, 1.807) is 0 Å². The van der Waals surface area contributed by atoms with E-state index in [0.717, 1.165) is 10.8 Å². The van der Waals surface area contributed by atoms with Gasteiger partial charge in [-0.15, -0.1) is 0 Å². The number of ether oxygens (including phenoxy) is 1. The highest BCUT2D eigenvalue weighted by atomic mass is 19.1. The van der Waals surface area contributed by atoms with Crippen molar-refractivity contribution in [3.05, 3.63) is 22.5 Å². The van der Waals surface area contributed by atoms with Crippen LogP contribution in [-0.4, -0.2) is 43.8 Å². The first-order valence-corrected chi connectivity index (χ1v) is 5.20. The lowest BCUT2D eigenvalue weighted by molar-refractivity contribution is -0.0461. The van der Waals surface area contributed by atoms with Gasteiger partial charge in [0.15, 0.2) is 11.6 Å². The van der Waals surface area contributed by atoms with Crippen molar-refractivity contribution in [3.63, 3.8) is 0 Å². The van der Waals surface area contributed by atoms with E-state index in [1.165, 1.54) is 5.48 Å². The molecule has 1 saturated heterocycles. The van der Waals surface area contributed by atoms with E-state index in [9.17, 15) is 14.3 Å². The van der Waals surface area contributed by atoms with E-state index in [4.69, 9.17) is 15.1 Å². The maximum absolute atomic E-state index is 13.3. The van der Waals surface area contributed by atoms with Gasteiger partial charge in [0.2, 0.25) is 0 Å². The largest absolute Gasteiger partial charge is 0.394 e. The fourth-order valence-corrected chi connectivity index (χ4v) is 1.78. The van der Waals surface area contributed by atoms with Crippen LogP contribution in [0.15, 0.2) is 11.0 Å². The molecule has 1 aliphatic heterocycles. The van der Waals surface area contributed by atoms with Gasteiger partial charge >= 0.3 is 5.69 Å². The molecular weight excluding hydrogens is 249 g/mol. The van der Waals surface area contributed by atoms with Gasteiger partial charge in [-0.05, 0) is 0 Å². The molecule has 0 aromatic carbocycles. The molecule has 100 valence electrons. The van der Waals surface area contributed by atoms with Crippen molar-refractivity contribution in [2.24, 2.45) is 0 Å². The summed E-state index contributed by atoms with van der Waals surface area (Å²) in [6.45, 7) is -0.404. The first-order chi connectivity index (χ1) is 8.56. The van der Waals surface area contributed by atoms with Crippen molar-refractivity contribution in [2.75, 3.05) is 12.1 Å². The van der Waals surface area contributed by atoms with E-state index in [2.05, 4.69) is 4.98 Å². The molecule has 0 aliphatic carbocycles. The molecule has 18 heavy (non-hydrogen) atoms. The standard InChI is InChI=1S/C9H12FN3O5/c10-4-2-13(9(16)11-8(4)12-17)7-1-5(15)6(3-14)18-7/h2,5-7,14-15,17H,1,3H2,(H,11,12,16)/t5-,6+,7+/m1/s1. The van der Waals surface area contributed by atoms with Crippen molar-refractivity contribution >= 4 is 5.82 Å². The van der Waals surface area contributed by atoms with Crippen LogP contribution < -0.4 is 11.2 Å². The summed E-state index contributed by atoms with van der Waals surface area (Å²) in [5.74, 6) is -1.53. The van der Waals surface area contributed by atoms with Gasteiger partial charge in [-0.1, -0.05) is 0 Å². The maximum atomic E-state index is 13.3. The molecule has 3 atom stereocenters. The summed E-state index contributed by atoms with van der Waals surface area (Å²) in [4.78, 5) is 14.8. The van der Waals surface area contributed by atoms with Crippen LogP contribution in [0.2, 0.25) is 0 Å². The Morgan fingerprint density at radius 2 is 2.39 bits per heavy atom. The van der Waals surface area contributed by atoms with Gasteiger partial charge in [0.25, 0.3) is 0 Å². The van der Waals surface area contributed by atoms with Gasteiger partial charge < -0.3 is 14.9 Å². The Hall–Kier alpha value is -1.55. The van der Waals surface area contributed by atoms with E-state index in [-0.39, 0.29) is 6.42 Å². The molecule has 1 aromatic heterocycles. The number of aliphatic hydroxyl groups excluding tert-OH is 2. The normalized spacial score (nSPS) is 27.4. The van der Waals surface area contributed by atoms with Crippen LogP contribution in [0.3, 0.4) is 0 Å². The molecule has 8 nitrogen and oxygen atoms in total. The molecule has 0 unspecified atom stereocenters. The smallest absolute Gasteiger partial charge is 0.351 e. The molecule has 0 radical (unpaired) electrons. The number of hydrogen-bond acceptors (Lipinski definition) is 7. The third-order valence-electron chi connectivity index (χ3n) is 2.71. The van der Waals surface area contributed by atoms with Gasteiger partial charge in [0.1, 0.15) is 12.3 Å². The van der Waals surface area contributed by atoms with Crippen molar-refractivity contribution in [2.45, 2.75) is 24.9 Å². The molecule has 0 amide bonds. The van der Waals surface area contributed by atoms with E-state index >= 15 is 0 Å².